The van der Waals surface area contributed by atoms with Crippen molar-refractivity contribution in [3.63, 3.8) is 0 Å². The molecule has 6 saturated carbocycles. The quantitative estimate of drug-likeness (QED) is 0.588. The van der Waals surface area contributed by atoms with Crippen molar-refractivity contribution in [1.29, 1.82) is 0 Å². The minimum absolute atomic E-state index is 0.111. The van der Waals surface area contributed by atoms with Crippen molar-refractivity contribution in [1.82, 2.24) is 0 Å². The Kier molecular flexibility index (Phi) is 0.822. The van der Waals surface area contributed by atoms with E-state index >= 15 is 0 Å². The zero-order chi connectivity index (χ0) is 9.47. The van der Waals surface area contributed by atoms with Crippen LogP contribution in [0.2, 0.25) is 0 Å². The molecule has 8 rings (SSSR count). The fourth-order valence-electron chi connectivity index (χ4n) is 7.17. The first kappa shape index (κ1) is 7.11. The molecule has 1 heteroatoms. The van der Waals surface area contributed by atoms with Crippen LogP contribution in [0.25, 0.3) is 0 Å². The molecule has 1 N–H and O–H groups in total. The van der Waals surface area contributed by atoms with Gasteiger partial charge in [-0.2, -0.15) is 0 Å². The first-order valence-electron chi connectivity index (χ1n) is 6.74. The van der Waals surface area contributed by atoms with E-state index < -0.39 is 0 Å². The lowest BCUT2D eigenvalue weighted by Gasteiger charge is -2.59. The van der Waals surface area contributed by atoms with Gasteiger partial charge in [-0.3, -0.25) is 0 Å². The molecule has 0 amide bonds. The third-order valence-corrected chi connectivity index (χ3v) is 7.28. The predicted molar refractivity (Wildman–Crippen MR) is 54.7 cm³/mol. The zero-order valence-electron chi connectivity index (χ0n) is 8.66. The van der Waals surface area contributed by atoms with Gasteiger partial charge in [-0.25, -0.2) is 0 Å². The van der Waals surface area contributed by atoms with Crippen molar-refractivity contribution < 1.29 is 5.11 Å². The molecule has 6 fully saturated rings. The highest BCUT2D eigenvalue weighted by molar-refractivity contribution is 5.34. The van der Waals surface area contributed by atoms with Crippen LogP contribution in [0.4, 0.5) is 0 Å². The van der Waals surface area contributed by atoms with E-state index in [9.17, 15) is 5.11 Å². The number of aliphatic hydroxyl groups is 1. The van der Waals surface area contributed by atoms with E-state index in [-0.39, 0.29) is 6.10 Å². The van der Waals surface area contributed by atoms with Gasteiger partial charge in [0, 0.05) is 0 Å². The summed E-state index contributed by atoms with van der Waals surface area (Å²) < 4.78 is 0. The average Bonchev–Trinajstić information content (AvgIpc) is 2.88. The lowest BCUT2D eigenvalue weighted by Crippen LogP contribution is -2.58. The number of allylic oxidation sites excluding steroid dienone is 2. The largest absolute Gasteiger partial charge is 0.393 e. The van der Waals surface area contributed by atoms with Gasteiger partial charge in [0.25, 0.3) is 0 Å². The van der Waals surface area contributed by atoms with Crippen molar-refractivity contribution in [3.05, 3.63) is 12.2 Å². The Balaban J connectivity index is 1.70. The monoisotopic (exact) mass is 200 g/mol. The lowest BCUT2D eigenvalue weighted by atomic mass is 9.46. The maximum atomic E-state index is 10.4. The summed E-state index contributed by atoms with van der Waals surface area (Å²) in [6.07, 6.45) is 6.69. The molecular weight excluding hydrogens is 184 g/mol. The molecule has 0 radical (unpaired) electrons. The first-order valence-corrected chi connectivity index (χ1v) is 6.74. The molecule has 8 bridgehead atoms. The minimum atomic E-state index is 0.111. The Morgan fingerprint density at radius 1 is 0.733 bits per heavy atom. The van der Waals surface area contributed by atoms with E-state index in [1.165, 1.54) is 6.42 Å². The Morgan fingerprint density at radius 3 is 2.20 bits per heavy atom. The molecule has 1 nitrogen and oxygen atoms in total. The van der Waals surface area contributed by atoms with Crippen LogP contribution in [0.5, 0.6) is 0 Å². The maximum Gasteiger partial charge on any atom is 0.0608 e. The van der Waals surface area contributed by atoms with Crippen LogP contribution in [0.1, 0.15) is 6.42 Å². The fourth-order valence-corrected chi connectivity index (χ4v) is 7.17. The van der Waals surface area contributed by atoms with Crippen molar-refractivity contribution in [2.75, 3.05) is 0 Å². The number of hydrogen-bond acceptors (Lipinski definition) is 1. The molecule has 0 aromatic rings. The SMILES string of the molecule is O[C@@H]1C2C3CC4C5C=CC3C2C5C2C4C21. The topological polar surface area (TPSA) is 20.2 Å². The van der Waals surface area contributed by atoms with Crippen molar-refractivity contribution in [3.8, 4) is 0 Å². The van der Waals surface area contributed by atoms with E-state index in [0.717, 1.165) is 59.2 Å². The Bertz CT molecular complexity index is 410. The lowest BCUT2D eigenvalue weighted by molar-refractivity contribution is -0.138. The van der Waals surface area contributed by atoms with Crippen molar-refractivity contribution >= 4 is 0 Å². The van der Waals surface area contributed by atoms with Crippen molar-refractivity contribution in [2.24, 2.45) is 59.2 Å². The van der Waals surface area contributed by atoms with E-state index in [2.05, 4.69) is 12.2 Å². The van der Waals surface area contributed by atoms with E-state index in [0.29, 0.717) is 0 Å². The van der Waals surface area contributed by atoms with Crippen LogP contribution < -0.4 is 0 Å². The highest BCUT2D eigenvalue weighted by atomic mass is 16.3. The second kappa shape index (κ2) is 1.73. The molecule has 0 heterocycles. The summed E-state index contributed by atoms with van der Waals surface area (Å²) in [5, 5.41) is 10.4. The zero-order valence-corrected chi connectivity index (χ0v) is 8.66. The molecule has 78 valence electrons. The third kappa shape index (κ3) is 0.477. The summed E-state index contributed by atoms with van der Waals surface area (Å²) in [5.41, 5.74) is 0. The molecule has 0 spiro atoms. The fraction of sp³-hybridized carbons (Fsp3) is 0.857. The number of rotatable bonds is 0. The normalized spacial score (nSPS) is 83.1. The number of hydrogen-bond donors (Lipinski definition) is 1. The van der Waals surface area contributed by atoms with E-state index in [4.69, 9.17) is 0 Å². The molecule has 0 aromatic heterocycles. The average molecular weight is 200 g/mol. The van der Waals surface area contributed by atoms with E-state index in [1.54, 1.807) is 0 Å². The standard InChI is InChI=1S/C14H16O/c15-14-11-7-3-6-4-1-2-5(7)8(11)9(4)12-10(6)13(12)14/h1-2,4-15H,3H2/t4?,5?,6?,7?,8?,9?,10?,11?,12?,13?,14-/m1/s1. The molecule has 10 unspecified atom stereocenters. The minimum Gasteiger partial charge on any atom is -0.393 e. The van der Waals surface area contributed by atoms with Crippen LogP contribution in [-0.4, -0.2) is 11.2 Å². The molecule has 8 aliphatic carbocycles. The molecule has 0 saturated heterocycles. The molecule has 15 heavy (non-hydrogen) atoms. The Labute approximate surface area is 89.6 Å². The van der Waals surface area contributed by atoms with Crippen LogP contribution in [0.15, 0.2) is 12.2 Å². The molecule has 11 atom stereocenters. The Hall–Kier alpha value is -0.300. The van der Waals surface area contributed by atoms with Gasteiger partial charge < -0.3 is 5.11 Å². The molecule has 0 aromatic carbocycles. The second-order valence-electron chi connectivity index (χ2n) is 7.06. The maximum absolute atomic E-state index is 10.4. The van der Waals surface area contributed by atoms with Gasteiger partial charge in [-0.05, 0) is 65.6 Å². The summed E-state index contributed by atoms with van der Waals surface area (Å²) in [5.74, 6) is 9.05. The molecular formula is C14H16O. The van der Waals surface area contributed by atoms with Crippen LogP contribution in [0.3, 0.4) is 0 Å². The summed E-state index contributed by atoms with van der Waals surface area (Å²) in [4.78, 5) is 0. The van der Waals surface area contributed by atoms with Gasteiger partial charge >= 0.3 is 0 Å². The number of aliphatic hydroxyl groups excluding tert-OH is 1. The van der Waals surface area contributed by atoms with Gasteiger partial charge in [-0.15, -0.1) is 0 Å². The van der Waals surface area contributed by atoms with Gasteiger partial charge in [-0.1, -0.05) is 12.2 Å². The molecule has 8 aliphatic rings. The summed E-state index contributed by atoms with van der Waals surface area (Å²) >= 11 is 0. The summed E-state index contributed by atoms with van der Waals surface area (Å²) in [6, 6.07) is 0. The predicted octanol–water partition coefficient (Wildman–Crippen LogP) is 1.54. The summed E-state index contributed by atoms with van der Waals surface area (Å²) in [7, 11) is 0. The Morgan fingerprint density at radius 2 is 1.40 bits per heavy atom. The van der Waals surface area contributed by atoms with Gasteiger partial charge in [0.1, 0.15) is 0 Å². The first-order chi connectivity index (χ1) is 7.38. The van der Waals surface area contributed by atoms with Gasteiger partial charge in [0.2, 0.25) is 0 Å². The molecule has 0 aliphatic heterocycles. The highest BCUT2D eigenvalue weighted by Crippen LogP contribution is 2.83. The van der Waals surface area contributed by atoms with Crippen LogP contribution >= 0.6 is 0 Å². The van der Waals surface area contributed by atoms with Gasteiger partial charge in [0.05, 0.1) is 6.10 Å². The smallest absolute Gasteiger partial charge is 0.0608 e. The van der Waals surface area contributed by atoms with Crippen LogP contribution in [0, 0.1) is 59.2 Å². The van der Waals surface area contributed by atoms with Crippen molar-refractivity contribution in [2.45, 2.75) is 12.5 Å². The van der Waals surface area contributed by atoms with Crippen LogP contribution in [-0.2, 0) is 0 Å². The van der Waals surface area contributed by atoms with Gasteiger partial charge in [0.15, 0.2) is 0 Å². The second-order valence-corrected chi connectivity index (χ2v) is 7.06. The summed E-state index contributed by atoms with van der Waals surface area (Å²) in [6.45, 7) is 0. The highest BCUT2D eigenvalue weighted by Gasteiger charge is 2.81. The third-order valence-electron chi connectivity index (χ3n) is 7.28. The van der Waals surface area contributed by atoms with E-state index in [1.807, 2.05) is 0 Å².